The molecule has 1 N–H and O–H groups in total. The molecule has 0 bridgehead atoms. The van der Waals surface area contributed by atoms with E-state index in [0.717, 1.165) is 5.56 Å². The third-order valence-corrected chi connectivity index (χ3v) is 5.84. The van der Waals surface area contributed by atoms with Crippen LogP contribution in [0, 0.1) is 18.3 Å². The van der Waals surface area contributed by atoms with Gasteiger partial charge in [0.2, 0.25) is 0 Å². The molecule has 1 aliphatic heterocycles. The molecule has 2 rings (SSSR count). The Kier molecular flexibility index (Phi) is 7.39. The van der Waals surface area contributed by atoms with Crippen LogP contribution in [0.15, 0.2) is 29.2 Å². The average Bonchev–Trinajstić information content (AvgIpc) is 3.02. The molecule has 1 heterocycles. The summed E-state index contributed by atoms with van der Waals surface area (Å²) in [5.74, 6) is -1.97. The first-order chi connectivity index (χ1) is 14.1. The lowest BCUT2D eigenvalue weighted by molar-refractivity contribution is -0.161. The molecular weight excluding hydrogens is 426 g/mol. The molecule has 1 saturated heterocycles. The van der Waals surface area contributed by atoms with E-state index in [4.69, 9.17) is 18.5 Å². The van der Waals surface area contributed by atoms with Crippen molar-refractivity contribution < 1.29 is 36.5 Å². The van der Waals surface area contributed by atoms with Gasteiger partial charge in [-0.2, -0.15) is 8.42 Å². The summed E-state index contributed by atoms with van der Waals surface area (Å²) >= 11 is 0. The molecule has 1 aromatic carbocycles. The van der Waals surface area contributed by atoms with Gasteiger partial charge < -0.3 is 14.3 Å². The van der Waals surface area contributed by atoms with E-state index in [-0.39, 0.29) is 11.5 Å². The number of hydrogen-bond acceptors (Lipinski definition) is 8. The Bertz CT molecular complexity index is 897. The molecule has 0 aromatic heterocycles. The molecule has 0 spiro atoms. The zero-order valence-corrected chi connectivity index (χ0v) is 19.7. The molecule has 9 nitrogen and oxygen atoms in total. The second-order valence-corrected chi connectivity index (χ2v) is 11.1. The minimum Gasteiger partial charge on any atom is -0.442 e. The van der Waals surface area contributed by atoms with Crippen molar-refractivity contribution in [1.82, 2.24) is 5.48 Å². The topological polar surface area (TPSA) is 117 Å². The maximum Gasteiger partial charge on any atom is 0.441 e. The van der Waals surface area contributed by atoms with Crippen molar-refractivity contribution >= 4 is 22.2 Å². The number of hydroxylamine groups is 1. The van der Waals surface area contributed by atoms with Gasteiger partial charge in [-0.1, -0.05) is 38.5 Å². The third-order valence-electron chi connectivity index (χ3n) is 4.49. The van der Waals surface area contributed by atoms with Gasteiger partial charge in [0.1, 0.15) is 17.6 Å². The smallest absolute Gasteiger partial charge is 0.441 e. The molecular formula is C21H31NO8S. The molecule has 0 aliphatic carbocycles. The van der Waals surface area contributed by atoms with Crippen LogP contribution in [0.3, 0.4) is 0 Å². The lowest BCUT2D eigenvalue weighted by Gasteiger charge is -2.30. The van der Waals surface area contributed by atoms with Crippen LogP contribution >= 0.6 is 0 Å². The zero-order chi connectivity index (χ0) is 23.6. The van der Waals surface area contributed by atoms with Crippen LogP contribution in [0.1, 0.15) is 47.1 Å². The van der Waals surface area contributed by atoms with Gasteiger partial charge in [0.05, 0.1) is 17.6 Å². The van der Waals surface area contributed by atoms with E-state index >= 15 is 0 Å². The molecule has 3 unspecified atom stereocenters. The normalized spacial score (nSPS) is 22.1. The van der Waals surface area contributed by atoms with Gasteiger partial charge in [-0.3, -0.25) is 4.18 Å². The van der Waals surface area contributed by atoms with Gasteiger partial charge in [0.25, 0.3) is 10.1 Å². The minimum atomic E-state index is -4.15. The summed E-state index contributed by atoms with van der Waals surface area (Å²) in [5, 5.41) is 0. The average molecular weight is 458 g/mol. The quantitative estimate of drug-likeness (QED) is 0.541. The van der Waals surface area contributed by atoms with Crippen molar-refractivity contribution in [3.8, 4) is 0 Å². The van der Waals surface area contributed by atoms with Gasteiger partial charge in [0, 0.05) is 0 Å². The number of ether oxygens (including phenoxy) is 2. The van der Waals surface area contributed by atoms with Gasteiger partial charge >= 0.3 is 12.1 Å². The lowest BCUT2D eigenvalue weighted by Crippen LogP contribution is -2.44. The van der Waals surface area contributed by atoms with Crippen LogP contribution in [0.25, 0.3) is 0 Å². The highest BCUT2D eigenvalue weighted by molar-refractivity contribution is 7.86. The number of carbonyl (C=O) groups excluding carboxylic acids is 2. The molecule has 1 amide bonds. The van der Waals surface area contributed by atoms with E-state index in [1.54, 1.807) is 32.9 Å². The molecule has 3 atom stereocenters. The third kappa shape index (κ3) is 6.91. The van der Waals surface area contributed by atoms with Crippen LogP contribution in [-0.4, -0.2) is 44.9 Å². The van der Waals surface area contributed by atoms with E-state index in [1.807, 2.05) is 33.2 Å². The number of amides is 1. The van der Waals surface area contributed by atoms with Crippen molar-refractivity contribution in [2.45, 2.75) is 71.2 Å². The fourth-order valence-corrected chi connectivity index (χ4v) is 4.22. The van der Waals surface area contributed by atoms with Crippen LogP contribution in [-0.2, 0) is 33.4 Å². The van der Waals surface area contributed by atoms with E-state index in [1.165, 1.54) is 12.1 Å². The number of hydrogen-bond donors (Lipinski definition) is 1. The first-order valence-corrected chi connectivity index (χ1v) is 11.3. The Morgan fingerprint density at radius 1 is 1.06 bits per heavy atom. The van der Waals surface area contributed by atoms with Gasteiger partial charge in [-0.15, -0.1) is 5.48 Å². The van der Waals surface area contributed by atoms with Crippen LogP contribution in [0.4, 0.5) is 4.79 Å². The molecule has 10 heteroatoms. The standard InChI is InChI=1S/C21H31NO8S/c1-13-8-10-14(11-9-13)31(25,26)30-15-12-27-17(20(2,3)4)16(15)18(23)29-22-19(24)28-21(5,6)7/h8-11,15-17H,12H2,1-7H3,(H,22,24). The van der Waals surface area contributed by atoms with E-state index in [2.05, 4.69) is 0 Å². The predicted molar refractivity (Wildman–Crippen MR) is 111 cm³/mol. The van der Waals surface area contributed by atoms with Crippen LogP contribution in [0.2, 0.25) is 0 Å². The number of carbonyl (C=O) groups is 2. The zero-order valence-electron chi connectivity index (χ0n) is 18.9. The number of rotatable bonds is 4. The highest BCUT2D eigenvalue weighted by atomic mass is 32.2. The molecule has 1 aliphatic rings. The fourth-order valence-electron chi connectivity index (χ4n) is 3.13. The van der Waals surface area contributed by atoms with Crippen LogP contribution in [0.5, 0.6) is 0 Å². The molecule has 31 heavy (non-hydrogen) atoms. The summed E-state index contributed by atoms with van der Waals surface area (Å²) in [6.45, 7) is 12.2. The summed E-state index contributed by atoms with van der Waals surface area (Å²) in [4.78, 5) is 29.5. The van der Waals surface area contributed by atoms with Crippen molar-refractivity contribution in [2.24, 2.45) is 11.3 Å². The second kappa shape index (κ2) is 9.13. The Labute approximate surface area is 183 Å². The Hall–Kier alpha value is -2.17. The van der Waals surface area contributed by atoms with Crippen molar-refractivity contribution in [3.05, 3.63) is 29.8 Å². The first-order valence-electron chi connectivity index (χ1n) is 9.91. The number of nitrogens with one attached hydrogen (secondary N) is 1. The molecule has 0 radical (unpaired) electrons. The van der Waals surface area contributed by atoms with Crippen molar-refractivity contribution in [3.63, 3.8) is 0 Å². The maximum atomic E-state index is 12.8. The number of aryl methyl sites for hydroxylation is 1. The highest BCUT2D eigenvalue weighted by Gasteiger charge is 2.51. The van der Waals surface area contributed by atoms with Gasteiger partial charge in [-0.25, -0.2) is 9.59 Å². The second-order valence-electron chi connectivity index (χ2n) is 9.57. The molecule has 0 saturated carbocycles. The Balaban J connectivity index is 2.19. The monoisotopic (exact) mass is 457 g/mol. The molecule has 1 fully saturated rings. The van der Waals surface area contributed by atoms with Gasteiger partial charge in [0.15, 0.2) is 0 Å². The Morgan fingerprint density at radius 2 is 1.65 bits per heavy atom. The first kappa shape index (κ1) is 25.1. The SMILES string of the molecule is Cc1ccc(S(=O)(=O)OC2COC(C(C)(C)C)C2C(=O)ONC(=O)OC(C)(C)C)cc1. The summed E-state index contributed by atoms with van der Waals surface area (Å²) in [6.07, 6.45) is -2.76. The summed E-state index contributed by atoms with van der Waals surface area (Å²) in [5.41, 5.74) is 1.52. The highest BCUT2D eigenvalue weighted by Crippen LogP contribution is 2.38. The summed E-state index contributed by atoms with van der Waals surface area (Å²) < 4.78 is 41.6. The minimum absolute atomic E-state index is 0.0312. The van der Waals surface area contributed by atoms with Crippen molar-refractivity contribution in [2.75, 3.05) is 6.61 Å². The number of benzene rings is 1. The predicted octanol–water partition coefficient (Wildman–Crippen LogP) is 3.11. The Morgan fingerprint density at radius 3 is 2.16 bits per heavy atom. The van der Waals surface area contributed by atoms with Gasteiger partial charge in [-0.05, 0) is 45.2 Å². The lowest BCUT2D eigenvalue weighted by atomic mass is 9.80. The van der Waals surface area contributed by atoms with E-state index < -0.39 is 51.3 Å². The largest absolute Gasteiger partial charge is 0.442 e. The van der Waals surface area contributed by atoms with Crippen molar-refractivity contribution in [1.29, 1.82) is 0 Å². The maximum absolute atomic E-state index is 12.8. The summed E-state index contributed by atoms with van der Waals surface area (Å²) in [7, 11) is -4.15. The molecule has 1 aromatic rings. The summed E-state index contributed by atoms with van der Waals surface area (Å²) in [6, 6.07) is 6.16. The fraction of sp³-hybridized carbons (Fsp3) is 0.619. The van der Waals surface area contributed by atoms with E-state index in [9.17, 15) is 18.0 Å². The van der Waals surface area contributed by atoms with E-state index in [0.29, 0.717) is 0 Å². The molecule has 174 valence electrons. The van der Waals surface area contributed by atoms with Crippen LogP contribution < -0.4 is 5.48 Å².